The van der Waals surface area contributed by atoms with Crippen LogP contribution in [0.5, 0.6) is 0 Å². The summed E-state index contributed by atoms with van der Waals surface area (Å²) in [5, 5.41) is 59.5. The van der Waals surface area contributed by atoms with E-state index < -0.39 is 54.8 Å². The number of halogens is 3. The SMILES string of the molecule is CN(C)C[C@H](O)[C@@H](O)[C@H](O)[C@@](O)(CO)CC(=O)NOC(=O)c1c(I)cc(I)c(C(=O)O)c1I. The molecular formula is C18H23I3N2O10. The smallest absolute Gasteiger partial charge is 0.365 e. The lowest BCUT2D eigenvalue weighted by Crippen LogP contribution is -2.58. The number of carbonyl (C=O) groups is 3. The number of rotatable bonds is 10. The number of carbonyl (C=O) groups excluding carboxylic acids is 2. The summed E-state index contributed by atoms with van der Waals surface area (Å²) >= 11 is 5.29. The molecule has 1 amide bonds. The standard InChI is InChI=1S/C18H23I3N2O10/c1-23(2)5-9(25)14(27)15(28)18(32,6-24)4-10(26)22-33-17(31)12-8(20)3-7(19)11(13(12)21)16(29)30/h3,9,14-15,24-25,27-28,32H,4-6H2,1-2H3,(H,22,26)(H,29,30)/t9-,14+,15-,18-/m0/s1. The number of hydroxylamine groups is 1. The van der Waals surface area contributed by atoms with E-state index in [-0.39, 0.29) is 21.2 Å². The molecule has 0 aliphatic carbocycles. The fraction of sp³-hybridized carbons (Fsp3) is 0.500. The van der Waals surface area contributed by atoms with E-state index in [0.29, 0.717) is 7.14 Å². The monoisotopic (exact) mass is 808 g/mol. The van der Waals surface area contributed by atoms with Crippen molar-refractivity contribution in [3.63, 3.8) is 0 Å². The summed E-state index contributed by atoms with van der Waals surface area (Å²) in [6, 6.07) is 1.45. The Hall–Kier alpha value is -0.420. The highest BCUT2D eigenvalue weighted by Gasteiger charge is 2.44. The molecule has 186 valence electrons. The fourth-order valence-electron chi connectivity index (χ4n) is 2.71. The lowest BCUT2D eigenvalue weighted by Gasteiger charge is -2.35. The molecule has 0 fully saturated rings. The Morgan fingerprint density at radius 2 is 1.67 bits per heavy atom. The Balaban J connectivity index is 2.93. The van der Waals surface area contributed by atoms with Crippen molar-refractivity contribution >= 4 is 85.6 Å². The van der Waals surface area contributed by atoms with Crippen LogP contribution in [0.3, 0.4) is 0 Å². The molecule has 4 atom stereocenters. The highest BCUT2D eigenvalue weighted by atomic mass is 127. The number of hydrogen-bond donors (Lipinski definition) is 7. The average Bonchev–Trinajstić information content (AvgIpc) is 2.69. The second-order valence-corrected chi connectivity index (χ2v) is 10.7. The molecule has 0 aromatic heterocycles. The first-order valence-corrected chi connectivity index (χ1v) is 12.3. The molecule has 0 radical (unpaired) electrons. The van der Waals surface area contributed by atoms with Crippen molar-refractivity contribution in [1.29, 1.82) is 0 Å². The molecule has 7 N–H and O–H groups in total. The van der Waals surface area contributed by atoms with Crippen LogP contribution in [-0.4, -0.2) is 105 Å². The number of likely N-dealkylation sites (N-methyl/N-ethyl adjacent to an activating group) is 1. The largest absolute Gasteiger partial charge is 0.478 e. The molecule has 15 heteroatoms. The zero-order valence-electron chi connectivity index (χ0n) is 17.3. The van der Waals surface area contributed by atoms with Gasteiger partial charge in [-0.2, -0.15) is 5.48 Å². The van der Waals surface area contributed by atoms with Crippen molar-refractivity contribution in [1.82, 2.24) is 10.4 Å². The number of carboxylic acids is 1. The van der Waals surface area contributed by atoms with Gasteiger partial charge in [0.15, 0.2) is 0 Å². The van der Waals surface area contributed by atoms with E-state index in [0.717, 1.165) is 0 Å². The molecular weight excluding hydrogens is 785 g/mol. The summed E-state index contributed by atoms with van der Waals surface area (Å²) in [5.74, 6) is -3.47. The minimum atomic E-state index is -2.56. The fourth-order valence-corrected chi connectivity index (χ4v) is 6.98. The van der Waals surface area contributed by atoms with E-state index >= 15 is 0 Å². The van der Waals surface area contributed by atoms with E-state index in [2.05, 4.69) is 0 Å². The van der Waals surface area contributed by atoms with Crippen LogP contribution in [0.4, 0.5) is 0 Å². The summed E-state index contributed by atoms with van der Waals surface area (Å²) in [7, 11) is 3.19. The number of amides is 1. The Labute approximate surface area is 229 Å². The van der Waals surface area contributed by atoms with Crippen LogP contribution in [0.25, 0.3) is 0 Å². The maximum Gasteiger partial charge on any atom is 0.365 e. The number of nitrogens with zero attached hydrogens (tertiary/aromatic N) is 1. The average molecular weight is 808 g/mol. The van der Waals surface area contributed by atoms with Gasteiger partial charge in [0.25, 0.3) is 5.91 Å². The van der Waals surface area contributed by atoms with Crippen LogP contribution in [-0.2, 0) is 9.63 Å². The predicted octanol–water partition coefficient (Wildman–Crippen LogP) is -0.856. The summed E-state index contributed by atoms with van der Waals surface area (Å²) < 4.78 is 0.855. The molecule has 0 spiro atoms. The molecule has 0 saturated heterocycles. The predicted molar refractivity (Wildman–Crippen MR) is 138 cm³/mol. The van der Waals surface area contributed by atoms with Crippen LogP contribution in [0.2, 0.25) is 0 Å². The molecule has 1 aromatic rings. The third-order valence-electron chi connectivity index (χ3n) is 4.41. The third kappa shape index (κ3) is 8.05. The Kier molecular flexibility index (Phi) is 12.1. The maximum atomic E-state index is 12.5. The highest BCUT2D eigenvalue weighted by molar-refractivity contribution is 14.1. The van der Waals surface area contributed by atoms with Gasteiger partial charge in [0.2, 0.25) is 0 Å². The van der Waals surface area contributed by atoms with E-state index in [9.17, 15) is 45.0 Å². The molecule has 1 rings (SSSR count). The lowest BCUT2D eigenvalue weighted by atomic mass is 9.87. The lowest BCUT2D eigenvalue weighted by molar-refractivity contribution is -0.178. The normalized spacial score (nSPS) is 16.0. The Morgan fingerprint density at radius 1 is 1.12 bits per heavy atom. The summed E-state index contributed by atoms with van der Waals surface area (Å²) in [4.78, 5) is 42.4. The Morgan fingerprint density at radius 3 is 2.15 bits per heavy atom. The van der Waals surface area contributed by atoms with Gasteiger partial charge in [-0.1, -0.05) is 0 Å². The number of aromatic carboxylic acids is 1. The summed E-state index contributed by atoms with van der Waals surface area (Å²) in [5.41, 5.74) is -1.02. The van der Waals surface area contributed by atoms with Crippen molar-refractivity contribution in [3.8, 4) is 0 Å². The van der Waals surface area contributed by atoms with Gasteiger partial charge < -0.3 is 40.4 Å². The Bertz CT molecular complexity index is 901. The van der Waals surface area contributed by atoms with Gasteiger partial charge in [-0.15, -0.1) is 0 Å². The van der Waals surface area contributed by atoms with Gasteiger partial charge in [-0.25, -0.2) is 9.59 Å². The van der Waals surface area contributed by atoms with Gasteiger partial charge in [0, 0.05) is 17.3 Å². The zero-order chi connectivity index (χ0) is 25.7. The van der Waals surface area contributed by atoms with Gasteiger partial charge in [-0.05, 0) is 87.9 Å². The third-order valence-corrected chi connectivity index (χ3v) is 7.19. The van der Waals surface area contributed by atoms with E-state index in [1.807, 2.05) is 22.6 Å². The zero-order valence-corrected chi connectivity index (χ0v) is 23.8. The highest BCUT2D eigenvalue weighted by Crippen LogP contribution is 2.28. The number of carboxylic acid groups (broad SMARTS) is 1. The van der Waals surface area contributed by atoms with Crippen LogP contribution in [0.1, 0.15) is 27.1 Å². The summed E-state index contributed by atoms with van der Waals surface area (Å²) in [6.07, 6.45) is -6.51. The molecule has 12 nitrogen and oxygen atoms in total. The van der Waals surface area contributed by atoms with Gasteiger partial charge in [-0.3, -0.25) is 4.79 Å². The minimum Gasteiger partial charge on any atom is -0.478 e. The van der Waals surface area contributed by atoms with Crippen LogP contribution in [0, 0.1) is 10.7 Å². The second kappa shape index (κ2) is 13.0. The topological polar surface area (TPSA) is 197 Å². The number of benzene rings is 1. The second-order valence-electron chi connectivity index (χ2n) is 7.33. The first-order valence-electron chi connectivity index (χ1n) is 9.09. The van der Waals surface area contributed by atoms with Crippen molar-refractivity contribution in [2.24, 2.45) is 0 Å². The quantitative estimate of drug-likeness (QED) is 0.115. The van der Waals surface area contributed by atoms with E-state index in [4.69, 9.17) is 4.84 Å². The molecule has 0 saturated carbocycles. The molecule has 0 bridgehead atoms. The van der Waals surface area contributed by atoms with E-state index in [1.165, 1.54) is 11.0 Å². The van der Waals surface area contributed by atoms with Crippen molar-refractivity contribution < 1.29 is 49.9 Å². The number of aliphatic hydroxyl groups is 5. The number of aliphatic hydroxyl groups excluding tert-OH is 4. The first kappa shape index (κ1) is 30.6. The maximum absolute atomic E-state index is 12.5. The van der Waals surface area contributed by atoms with Crippen LogP contribution < -0.4 is 5.48 Å². The van der Waals surface area contributed by atoms with E-state index in [1.54, 1.807) is 64.8 Å². The van der Waals surface area contributed by atoms with Crippen LogP contribution in [0.15, 0.2) is 6.07 Å². The number of hydrogen-bond acceptors (Lipinski definition) is 10. The molecule has 0 unspecified atom stereocenters. The van der Waals surface area contributed by atoms with Gasteiger partial charge in [0.05, 0.1) is 30.3 Å². The van der Waals surface area contributed by atoms with Crippen molar-refractivity contribution in [3.05, 3.63) is 27.9 Å². The van der Waals surface area contributed by atoms with Gasteiger partial charge >= 0.3 is 11.9 Å². The summed E-state index contributed by atoms with van der Waals surface area (Å²) in [6.45, 7) is -1.23. The molecule has 0 heterocycles. The van der Waals surface area contributed by atoms with Crippen molar-refractivity contribution in [2.45, 2.75) is 30.3 Å². The van der Waals surface area contributed by atoms with Gasteiger partial charge in [0.1, 0.15) is 17.8 Å². The molecule has 0 aliphatic heterocycles. The minimum absolute atomic E-state index is 0.0742. The molecule has 1 aromatic carbocycles. The van der Waals surface area contributed by atoms with Crippen molar-refractivity contribution in [2.75, 3.05) is 27.2 Å². The molecule has 0 aliphatic rings. The number of nitrogens with one attached hydrogen (secondary N) is 1. The van der Waals surface area contributed by atoms with Crippen LogP contribution >= 0.6 is 67.8 Å². The molecule has 33 heavy (non-hydrogen) atoms. The first-order chi connectivity index (χ1) is 15.2.